The summed E-state index contributed by atoms with van der Waals surface area (Å²) in [5.41, 5.74) is 10.8. The zero-order valence-corrected chi connectivity index (χ0v) is 17.4. The molecule has 0 unspecified atom stereocenters. The predicted molar refractivity (Wildman–Crippen MR) is 123 cm³/mol. The van der Waals surface area contributed by atoms with E-state index in [1.807, 2.05) is 35.6 Å². The van der Waals surface area contributed by atoms with E-state index in [1.165, 1.54) is 11.1 Å². The van der Waals surface area contributed by atoms with Crippen LogP contribution in [0.15, 0.2) is 83.2 Å². The van der Waals surface area contributed by atoms with Gasteiger partial charge in [0.15, 0.2) is 0 Å². The van der Waals surface area contributed by atoms with Gasteiger partial charge in [0.25, 0.3) is 0 Å². The van der Waals surface area contributed by atoms with Crippen LogP contribution in [-0.4, -0.2) is 20.2 Å². The van der Waals surface area contributed by atoms with Gasteiger partial charge >= 0.3 is 0 Å². The molecule has 0 spiro atoms. The maximum Gasteiger partial charge on any atom is 0.247 e. The van der Waals surface area contributed by atoms with Gasteiger partial charge in [-0.2, -0.15) is 5.43 Å². The van der Waals surface area contributed by atoms with Crippen molar-refractivity contribution in [1.82, 2.24) is 14.5 Å². The SMILES string of the molecule is Cn1cnc2c(-c3ccc(CCCC4=N[NH2+]C=C4c4ccc(=O)[nH]c4)cc3)cccc21. The number of para-hydroxylation sites is 1. The van der Waals surface area contributed by atoms with Crippen molar-refractivity contribution in [3.05, 3.63) is 94.8 Å². The first-order chi connectivity index (χ1) is 15.2. The molecule has 1 aliphatic heterocycles. The van der Waals surface area contributed by atoms with Crippen LogP contribution in [0.25, 0.3) is 27.7 Å². The van der Waals surface area contributed by atoms with Crippen LogP contribution >= 0.6 is 0 Å². The van der Waals surface area contributed by atoms with Crippen LogP contribution in [0, 0.1) is 0 Å². The maximum absolute atomic E-state index is 11.3. The van der Waals surface area contributed by atoms with E-state index in [1.54, 1.807) is 12.3 Å². The molecule has 0 fully saturated rings. The van der Waals surface area contributed by atoms with Gasteiger partial charge in [0, 0.05) is 30.4 Å². The number of fused-ring (bicyclic) bond motifs is 1. The Hall–Kier alpha value is -3.77. The molecule has 0 aliphatic carbocycles. The van der Waals surface area contributed by atoms with Crippen LogP contribution < -0.4 is 11.0 Å². The molecule has 0 radical (unpaired) electrons. The molecule has 2 aromatic heterocycles. The van der Waals surface area contributed by atoms with Crippen LogP contribution in [0.4, 0.5) is 0 Å². The molecule has 6 heteroatoms. The van der Waals surface area contributed by atoms with Crippen molar-refractivity contribution in [1.29, 1.82) is 0 Å². The second kappa shape index (κ2) is 8.16. The van der Waals surface area contributed by atoms with Crippen LogP contribution in [0.5, 0.6) is 0 Å². The van der Waals surface area contributed by atoms with E-state index in [-0.39, 0.29) is 5.56 Å². The van der Waals surface area contributed by atoms with Gasteiger partial charge in [-0.1, -0.05) is 41.5 Å². The van der Waals surface area contributed by atoms with Gasteiger partial charge < -0.3 is 9.55 Å². The largest absolute Gasteiger partial charge is 0.334 e. The van der Waals surface area contributed by atoms with Crippen LogP contribution in [0.1, 0.15) is 24.0 Å². The summed E-state index contributed by atoms with van der Waals surface area (Å²) < 4.78 is 2.05. The van der Waals surface area contributed by atoms with Gasteiger partial charge in [-0.25, -0.2) is 4.98 Å². The number of aromatic nitrogens is 3. The Bertz CT molecular complexity index is 1340. The number of allylic oxidation sites excluding steroid dienone is 1. The van der Waals surface area contributed by atoms with Crippen molar-refractivity contribution >= 4 is 22.3 Å². The first-order valence-electron chi connectivity index (χ1n) is 10.5. The topological polar surface area (TPSA) is 79.7 Å². The number of imidazole rings is 1. The van der Waals surface area contributed by atoms with E-state index in [2.05, 4.69) is 57.5 Å². The third kappa shape index (κ3) is 3.85. The molecule has 154 valence electrons. The molecule has 0 bridgehead atoms. The molecule has 3 heterocycles. The molecule has 0 saturated carbocycles. The van der Waals surface area contributed by atoms with Crippen molar-refractivity contribution in [2.45, 2.75) is 19.3 Å². The summed E-state index contributed by atoms with van der Waals surface area (Å²) in [4.78, 5) is 18.6. The summed E-state index contributed by atoms with van der Waals surface area (Å²) in [5, 5.41) is 4.53. The highest BCUT2D eigenvalue weighted by Gasteiger charge is 2.18. The van der Waals surface area contributed by atoms with Crippen LogP contribution in [0.2, 0.25) is 0 Å². The molecule has 1 aliphatic rings. The Morgan fingerprint density at radius 1 is 1.00 bits per heavy atom. The standard InChI is InChI=1S/C25H23N5O/c1-30-16-27-25-20(5-3-7-23(25)30)18-10-8-17(9-11-18)4-2-6-22-21(15-28-29-22)19-12-13-24(31)26-14-19/h3,5,7-16H,2,4,6H2,1H3,(H,26,31)(H,28,29)/p+1. The molecule has 3 N–H and O–H groups in total. The Balaban J connectivity index is 1.24. The number of aryl methyl sites for hydroxylation is 2. The minimum atomic E-state index is -0.0902. The minimum Gasteiger partial charge on any atom is -0.334 e. The van der Waals surface area contributed by atoms with E-state index in [0.29, 0.717) is 0 Å². The number of pyridine rings is 1. The second-order valence-electron chi connectivity index (χ2n) is 7.83. The molecular formula is C25H24N5O+. The lowest BCUT2D eigenvalue weighted by Crippen LogP contribution is -2.69. The molecule has 5 rings (SSSR count). The highest BCUT2D eigenvalue weighted by atomic mass is 16.1. The summed E-state index contributed by atoms with van der Waals surface area (Å²) in [6.07, 6.45) is 8.53. The second-order valence-corrected chi connectivity index (χ2v) is 7.83. The van der Waals surface area contributed by atoms with Crippen molar-refractivity contribution in [3.63, 3.8) is 0 Å². The van der Waals surface area contributed by atoms with Gasteiger partial charge in [0.05, 0.1) is 22.9 Å². The number of nitrogens with zero attached hydrogens (tertiary/aromatic N) is 3. The van der Waals surface area contributed by atoms with Gasteiger partial charge in [0.1, 0.15) is 11.9 Å². The third-order valence-electron chi connectivity index (χ3n) is 5.78. The van der Waals surface area contributed by atoms with E-state index < -0.39 is 0 Å². The Kier molecular flexibility index (Phi) is 5.06. The number of nitrogens with two attached hydrogens (primary N) is 1. The monoisotopic (exact) mass is 410 g/mol. The Morgan fingerprint density at radius 2 is 1.84 bits per heavy atom. The average Bonchev–Trinajstić information content (AvgIpc) is 3.42. The first kappa shape index (κ1) is 19.2. The molecule has 0 atom stereocenters. The highest BCUT2D eigenvalue weighted by molar-refractivity contribution is 6.23. The van der Waals surface area contributed by atoms with E-state index in [0.717, 1.165) is 52.7 Å². The fourth-order valence-electron chi connectivity index (χ4n) is 4.11. The molecule has 6 nitrogen and oxygen atoms in total. The Morgan fingerprint density at radius 3 is 2.65 bits per heavy atom. The summed E-state index contributed by atoms with van der Waals surface area (Å²) in [6, 6.07) is 18.5. The number of hydrogen-bond donors (Lipinski definition) is 2. The van der Waals surface area contributed by atoms with Crippen LogP contribution in [0.3, 0.4) is 0 Å². The van der Waals surface area contributed by atoms with E-state index in [9.17, 15) is 4.79 Å². The third-order valence-corrected chi connectivity index (χ3v) is 5.78. The number of hydrogen-bond acceptors (Lipinski definition) is 3. The van der Waals surface area contributed by atoms with Crippen molar-refractivity contribution in [2.24, 2.45) is 12.1 Å². The fraction of sp³-hybridized carbons (Fsp3) is 0.160. The predicted octanol–water partition coefficient (Wildman–Crippen LogP) is 3.23. The zero-order valence-electron chi connectivity index (χ0n) is 17.4. The number of quaternary nitrogens is 1. The smallest absolute Gasteiger partial charge is 0.247 e. The average molecular weight is 411 g/mol. The van der Waals surface area contributed by atoms with Crippen molar-refractivity contribution in [2.75, 3.05) is 0 Å². The molecular weight excluding hydrogens is 386 g/mol. The minimum absolute atomic E-state index is 0.0902. The fourth-order valence-corrected chi connectivity index (χ4v) is 4.11. The molecule has 4 aromatic rings. The summed E-state index contributed by atoms with van der Waals surface area (Å²) in [6.45, 7) is 0. The lowest BCUT2D eigenvalue weighted by Gasteiger charge is -2.07. The number of rotatable bonds is 6. The summed E-state index contributed by atoms with van der Waals surface area (Å²) in [5.74, 6) is 0. The maximum atomic E-state index is 11.3. The quantitative estimate of drug-likeness (QED) is 0.479. The first-order valence-corrected chi connectivity index (χ1v) is 10.5. The number of nitrogens with one attached hydrogen (secondary N) is 1. The summed E-state index contributed by atoms with van der Waals surface area (Å²) in [7, 11) is 2.02. The molecule has 0 amide bonds. The van der Waals surface area contributed by atoms with Crippen LogP contribution in [-0.2, 0) is 13.5 Å². The van der Waals surface area contributed by atoms with E-state index in [4.69, 9.17) is 0 Å². The van der Waals surface area contributed by atoms with Crippen molar-refractivity contribution in [3.8, 4) is 11.1 Å². The van der Waals surface area contributed by atoms with Gasteiger partial charge in [0.2, 0.25) is 5.56 Å². The lowest BCUT2D eigenvalue weighted by atomic mass is 9.97. The molecule has 2 aromatic carbocycles. The normalized spacial score (nSPS) is 13.5. The summed E-state index contributed by atoms with van der Waals surface area (Å²) >= 11 is 0. The van der Waals surface area contributed by atoms with E-state index >= 15 is 0 Å². The van der Waals surface area contributed by atoms with Gasteiger partial charge in [-0.15, -0.1) is 0 Å². The Labute approximate surface area is 180 Å². The number of H-pyrrole nitrogens is 1. The van der Waals surface area contributed by atoms with Crippen molar-refractivity contribution < 1.29 is 5.43 Å². The zero-order chi connectivity index (χ0) is 21.2. The molecule has 0 saturated heterocycles. The number of aromatic amines is 1. The lowest BCUT2D eigenvalue weighted by molar-refractivity contribution is -0.589. The highest BCUT2D eigenvalue weighted by Crippen LogP contribution is 2.28. The molecule has 31 heavy (non-hydrogen) atoms. The number of benzene rings is 2. The van der Waals surface area contributed by atoms with Gasteiger partial charge in [-0.3, -0.25) is 4.79 Å². The van der Waals surface area contributed by atoms with Gasteiger partial charge in [-0.05, 0) is 42.5 Å².